The van der Waals surface area contributed by atoms with Gasteiger partial charge in [0.2, 0.25) is 0 Å². The van der Waals surface area contributed by atoms with Gasteiger partial charge in [-0.05, 0) is 31.7 Å². The molecule has 3 aromatic heterocycles. The Balaban J connectivity index is 1.50. The molecule has 124 valence electrons. The first-order chi connectivity index (χ1) is 11.6. The maximum Gasteiger partial charge on any atom is 0.252 e. The van der Waals surface area contributed by atoms with Crippen LogP contribution in [-0.2, 0) is 13.0 Å². The molecule has 4 heterocycles. The number of aryl methyl sites for hydroxylation is 2. The maximum atomic E-state index is 11.5. The Morgan fingerprint density at radius 2 is 2.38 bits per heavy atom. The Kier molecular flexibility index (Phi) is 3.68. The van der Waals surface area contributed by atoms with E-state index in [0.29, 0.717) is 11.5 Å². The van der Waals surface area contributed by atoms with E-state index in [9.17, 15) is 4.79 Å². The zero-order chi connectivity index (χ0) is 16.7. The summed E-state index contributed by atoms with van der Waals surface area (Å²) in [6.07, 6.45) is 4.98. The molecule has 3 aromatic rings. The topological polar surface area (TPSA) is 98.7 Å². The molecule has 0 bridgehead atoms. The monoisotopic (exact) mass is 342 g/mol. The largest absolute Gasteiger partial charge is 0.369 e. The lowest BCUT2D eigenvalue weighted by molar-refractivity contribution is 0.0998. The molecule has 0 fully saturated rings. The van der Waals surface area contributed by atoms with Crippen LogP contribution in [0.4, 0.5) is 5.82 Å². The van der Waals surface area contributed by atoms with Crippen molar-refractivity contribution in [3.05, 3.63) is 34.7 Å². The van der Waals surface area contributed by atoms with Gasteiger partial charge in [0.15, 0.2) is 0 Å². The molecule has 8 heteroatoms. The van der Waals surface area contributed by atoms with Crippen LogP contribution in [0.1, 0.15) is 27.3 Å². The fourth-order valence-electron chi connectivity index (χ4n) is 3.24. The molecule has 0 aromatic carbocycles. The first-order valence-electron chi connectivity index (χ1n) is 7.91. The van der Waals surface area contributed by atoms with Crippen LogP contribution in [0.15, 0.2) is 18.6 Å². The zero-order valence-corrected chi connectivity index (χ0v) is 14.1. The number of thiophene rings is 1. The van der Waals surface area contributed by atoms with Gasteiger partial charge >= 0.3 is 0 Å². The Hall–Kier alpha value is -2.48. The van der Waals surface area contributed by atoms with Gasteiger partial charge in [-0.3, -0.25) is 9.48 Å². The number of amides is 1. The van der Waals surface area contributed by atoms with Crippen molar-refractivity contribution < 1.29 is 4.79 Å². The van der Waals surface area contributed by atoms with Crippen molar-refractivity contribution in [1.82, 2.24) is 19.7 Å². The highest BCUT2D eigenvalue weighted by atomic mass is 32.1. The van der Waals surface area contributed by atoms with E-state index in [4.69, 9.17) is 5.73 Å². The van der Waals surface area contributed by atoms with Crippen LogP contribution >= 0.6 is 11.3 Å². The number of fused-ring (bicyclic) bond motifs is 2. The lowest BCUT2D eigenvalue weighted by Crippen LogP contribution is -2.27. The molecule has 0 spiro atoms. The molecule has 4 rings (SSSR count). The smallest absolute Gasteiger partial charge is 0.252 e. The van der Waals surface area contributed by atoms with Gasteiger partial charge in [0.1, 0.15) is 17.0 Å². The lowest BCUT2D eigenvalue weighted by atomic mass is 9.94. The summed E-state index contributed by atoms with van der Waals surface area (Å²) in [5.41, 5.74) is 6.92. The van der Waals surface area contributed by atoms with Crippen LogP contribution in [0.3, 0.4) is 0 Å². The number of carbonyl (C=O) groups excluding carboxylic acids is 1. The van der Waals surface area contributed by atoms with E-state index in [0.717, 1.165) is 47.7 Å². The molecular weight excluding hydrogens is 324 g/mol. The van der Waals surface area contributed by atoms with Gasteiger partial charge in [-0.1, -0.05) is 0 Å². The summed E-state index contributed by atoms with van der Waals surface area (Å²) in [6, 6.07) is 2.11. The third-order valence-electron chi connectivity index (χ3n) is 4.46. The number of anilines is 1. The Morgan fingerprint density at radius 3 is 3.21 bits per heavy atom. The number of nitrogens with zero attached hydrogens (tertiary/aromatic N) is 4. The van der Waals surface area contributed by atoms with Gasteiger partial charge in [-0.15, -0.1) is 11.3 Å². The van der Waals surface area contributed by atoms with Gasteiger partial charge in [-0.2, -0.15) is 5.10 Å². The number of carbonyl (C=O) groups is 1. The summed E-state index contributed by atoms with van der Waals surface area (Å²) in [4.78, 5) is 22.4. The lowest BCUT2D eigenvalue weighted by Gasteiger charge is -2.24. The number of nitrogens with two attached hydrogens (primary N) is 1. The SMILES string of the molecule is Cc1cc2c(NCC3CCn4ncc(C(N)=O)c4C3)ncnc2s1. The molecule has 1 aliphatic rings. The molecule has 0 saturated heterocycles. The number of primary amides is 1. The molecule has 0 aliphatic carbocycles. The average Bonchev–Trinajstić information content (AvgIpc) is 3.14. The Bertz CT molecular complexity index is 915. The predicted molar refractivity (Wildman–Crippen MR) is 93.2 cm³/mol. The second kappa shape index (κ2) is 5.86. The number of aromatic nitrogens is 4. The molecule has 0 saturated carbocycles. The van der Waals surface area contributed by atoms with Crippen molar-refractivity contribution >= 4 is 33.3 Å². The number of nitrogens with one attached hydrogen (secondary N) is 1. The van der Waals surface area contributed by atoms with E-state index in [1.165, 1.54) is 4.88 Å². The van der Waals surface area contributed by atoms with Crippen LogP contribution < -0.4 is 11.1 Å². The van der Waals surface area contributed by atoms with E-state index in [-0.39, 0.29) is 0 Å². The van der Waals surface area contributed by atoms with Gasteiger partial charge in [-0.25, -0.2) is 9.97 Å². The summed E-state index contributed by atoms with van der Waals surface area (Å²) < 4.78 is 1.89. The number of rotatable bonds is 4. The van der Waals surface area contributed by atoms with Crippen LogP contribution in [-0.4, -0.2) is 32.2 Å². The standard InChI is InChI=1S/C16H18N6OS/c1-9-4-11-15(19-8-20-16(11)24-9)18-6-10-2-3-22-13(5-10)12(7-21-22)14(17)23/h4,7-8,10H,2-3,5-6H2,1H3,(H2,17,23)(H,18,19,20). The van der Waals surface area contributed by atoms with E-state index in [2.05, 4.69) is 33.4 Å². The highest BCUT2D eigenvalue weighted by Gasteiger charge is 2.24. The first kappa shape index (κ1) is 15.1. The number of hydrogen-bond donors (Lipinski definition) is 2. The van der Waals surface area contributed by atoms with Gasteiger partial charge in [0.25, 0.3) is 5.91 Å². The Morgan fingerprint density at radius 1 is 1.50 bits per heavy atom. The van der Waals surface area contributed by atoms with Gasteiger partial charge < -0.3 is 11.1 Å². The maximum absolute atomic E-state index is 11.5. The van der Waals surface area contributed by atoms with Crippen LogP contribution in [0, 0.1) is 12.8 Å². The van der Waals surface area contributed by atoms with Crippen molar-refractivity contribution in [3.8, 4) is 0 Å². The van der Waals surface area contributed by atoms with Crippen molar-refractivity contribution in [1.29, 1.82) is 0 Å². The van der Waals surface area contributed by atoms with Gasteiger partial charge in [0.05, 0.1) is 22.8 Å². The van der Waals surface area contributed by atoms with Crippen molar-refractivity contribution in [3.63, 3.8) is 0 Å². The molecule has 1 atom stereocenters. The van der Waals surface area contributed by atoms with Crippen LogP contribution in [0.5, 0.6) is 0 Å². The quantitative estimate of drug-likeness (QED) is 0.755. The van der Waals surface area contributed by atoms with E-state index in [1.807, 2.05) is 4.68 Å². The second-order valence-electron chi connectivity index (χ2n) is 6.13. The Labute approximate surface area is 142 Å². The van der Waals surface area contributed by atoms with E-state index >= 15 is 0 Å². The molecule has 1 aliphatic heterocycles. The summed E-state index contributed by atoms with van der Waals surface area (Å²) in [5, 5.41) is 8.77. The minimum Gasteiger partial charge on any atom is -0.369 e. The van der Waals surface area contributed by atoms with Crippen LogP contribution in [0.25, 0.3) is 10.2 Å². The molecule has 3 N–H and O–H groups in total. The summed E-state index contributed by atoms with van der Waals surface area (Å²) >= 11 is 1.67. The normalized spacial score (nSPS) is 17.0. The summed E-state index contributed by atoms with van der Waals surface area (Å²) in [7, 11) is 0. The predicted octanol–water partition coefficient (Wildman–Crippen LogP) is 1.97. The van der Waals surface area contributed by atoms with Crippen molar-refractivity contribution in [2.45, 2.75) is 26.3 Å². The minimum atomic E-state index is -0.406. The summed E-state index contributed by atoms with van der Waals surface area (Å²) in [6.45, 7) is 3.68. The van der Waals surface area contributed by atoms with Crippen LogP contribution in [0.2, 0.25) is 0 Å². The highest BCUT2D eigenvalue weighted by Crippen LogP contribution is 2.28. The van der Waals surface area contributed by atoms with E-state index < -0.39 is 5.91 Å². The number of hydrogen-bond acceptors (Lipinski definition) is 6. The molecule has 7 nitrogen and oxygen atoms in total. The molecular formula is C16H18N6OS. The third-order valence-corrected chi connectivity index (χ3v) is 5.41. The minimum absolute atomic E-state index is 0.406. The van der Waals surface area contributed by atoms with E-state index in [1.54, 1.807) is 23.9 Å². The average molecular weight is 342 g/mol. The second-order valence-corrected chi connectivity index (χ2v) is 7.36. The zero-order valence-electron chi connectivity index (χ0n) is 13.3. The fraction of sp³-hybridized carbons (Fsp3) is 0.375. The highest BCUT2D eigenvalue weighted by molar-refractivity contribution is 7.18. The third kappa shape index (κ3) is 2.62. The fourth-order valence-corrected chi connectivity index (χ4v) is 4.08. The van der Waals surface area contributed by atoms with Crippen molar-refractivity contribution in [2.24, 2.45) is 11.7 Å². The molecule has 24 heavy (non-hydrogen) atoms. The molecule has 1 amide bonds. The first-order valence-corrected chi connectivity index (χ1v) is 8.73. The molecule has 0 radical (unpaired) electrons. The van der Waals surface area contributed by atoms with Gasteiger partial charge in [0, 0.05) is 18.0 Å². The molecule has 1 unspecified atom stereocenters. The summed E-state index contributed by atoms with van der Waals surface area (Å²) in [5.74, 6) is 0.881. The van der Waals surface area contributed by atoms with Crippen molar-refractivity contribution in [2.75, 3.05) is 11.9 Å².